The highest BCUT2D eigenvalue weighted by Gasteiger charge is 2.20. The number of amides is 1. The van der Waals surface area contributed by atoms with Gasteiger partial charge in [0.15, 0.2) is 0 Å². The molecule has 0 bridgehead atoms. The minimum Gasteiger partial charge on any atom is -0.324 e. The second kappa shape index (κ2) is 7.28. The van der Waals surface area contributed by atoms with Crippen molar-refractivity contribution in [2.45, 2.75) is 13.3 Å². The van der Waals surface area contributed by atoms with Crippen LogP contribution in [0.15, 0.2) is 54.6 Å². The van der Waals surface area contributed by atoms with Gasteiger partial charge in [0, 0.05) is 5.69 Å². The molecule has 0 aromatic heterocycles. The van der Waals surface area contributed by atoms with Gasteiger partial charge >= 0.3 is 0 Å². The molecule has 2 aromatic carbocycles. The molecule has 2 aromatic rings. The molecule has 0 spiro atoms. The summed E-state index contributed by atoms with van der Waals surface area (Å²) in [4.78, 5) is 12.3. The monoisotopic (exact) mass is 332 g/mol. The fourth-order valence-electron chi connectivity index (χ4n) is 2.26. The average molecular weight is 332 g/mol. The van der Waals surface area contributed by atoms with Gasteiger partial charge in [0.1, 0.15) is 6.54 Å². The summed E-state index contributed by atoms with van der Waals surface area (Å²) in [6.45, 7) is 1.73. The van der Waals surface area contributed by atoms with Gasteiger partial charge in [0.05, 0.1) is 11.9 Å². The second-order valence-corrected chi connectivity index (χ2v) is 7.07. The highest BCUT2D eigenvalue weighted by Crippen LogP contribution is 2.18. The number of aryl methyl sites for hydroxylation is 1. The van der Waals surface area contributed by atoms with Gasteiger partial charge in [-0.15, -0.1) is 0 Å². The van der Waals surface area contributed by atoms with Crippen molar-refractivity contribution in [3.05, 3.63) is 60.2 Å². The van der Waals surface area contributed by atoms with Crippen LogP contribution in [-0.4, -0.2) is 27.1 Å². The van der Waals surface area contributed by atoms with Gasteiger partial charge in [0.2, 0.25) is 15.9 Å². The van der Waals surface area contributed by atoms with E-state index >= 15 is 0 Å². The maximum Gasteiger partial charge on any atom is 0.245 e. The molecular formula is C17H20N2O3S. The molecular weight excluding hydrogens is 312 g/mol. The number of carbonyl (C=O) groups is 1. The van der Waals surface area contributed by atoms with Gasteiger partial charge in [-0.2, -0.15) is 0 Å². The number of anilines is 2. The van der Waals surface area contributed by atoms with Crippen molar-refractivity contribution in [1.29, 1.82) is 0 Å². The zero-order valence-corrected chi connectivity index (χ0v) is 14.0. The second-order valence-electron chi connectivity index (χ2n) is 5.16. The van der Waals surface area contributed by atoms with Crippen molar-refractivity contribution in [3.8, 4) is 0 Å². The topological polar surface area (TPSA) is 66.5 Å². The summed E-state index contributed by atoms with van der Waals surface area (Å²) < 4.78 is 25.1. The van der Waals surface area contributed by atoms with Crippen molar-refractivity contribution in [1.82, 2.24) is 0 Å². The predicted octanol–water partition coefficient (Wildman–Crippen LogP) is 2.65. The van der Waals surface area contributed by atoms with E-state index in [1.54, 1.807) is 30.3 Å². The fraction of sp³-hybridized carbons (Fsp3) is 0.235. The lowest BCUT2D eigenvalue weighted by atomic mass is 10.1. The summed E-state index contributed by atoms with van der Waals surface area (Å²) in [6, 6.07) is 16.1. The van der Waals surface area contributed by atoms with E-state index in [4.69, 9.17) is 0 Å². The number of nitrogens with one attached hydrogen (secondary N) is 1. The van der Waals surface area contributed by atoms with Gasteiger partial charge in [0.25, 0.3) is 0 Å². The third kappa shape index (κ3) is 4.56. The molecule has 23 heavy (non-hydrogen) atoms. The maximum absolute atomic E-state index is 12.3. The molecule has 0 radical (unpaired) electrons. The van der Waals surface area contributed by atoms with Crippen molar-refractivity contribution < 1.29 is 13.2 Å². The molecule has 0 aliphatic rings. The van der Waals surface area contributed by atoms with Crippen LogP contribution in [0, 0.1) is 0 Å². The van der Waals surface area contributed by atoms with Gasteiger partial charge in [-0.25, -0.2) is 8.42 Å². The van der Waals surface area contributed by atoms with Crippen molar-refractivity contribution in [2.75, 3.05) is 22.4 Å². The molecule has 2 rings (SSSR count). The molecule has 1 amide bonds. The zero-order chi connectivity index (χ0) is 16.9. The zero-order valence-electron chi connectivity index (χ0n) is 13.2. The van der Waals surface area contributed by atoms with Crippen molar-refractivity contribution >= 4 is 27.3 Å². The van der Waals surface area contributed by atoms with E-state index < -0.39 is 10.0 Å². The number of carbonyl (C=O) groups excluding carboxylic acids is 1. The minimum absolute atomic E-state index is 0.263. The third-order valence-electron chi connectivity index (χ3n) is 3.40. The lowest BCUT2D eigenvalue weighted by Gasteiger charge is -2.22. The Labute approximate surface area is 137 Å². The van der Waals surface area contributed by atoms with Crippen LogP contribution in [0.5, 0.6) is 0 Å². The maximum atomic E-state index is 12.3. The summed E-state index contributed by atoms with van der Waals surface area (Å²) in [5.74, 6) is -0.375. The van der Waals surface area contributed by atoms with E-state index in [2.05, 4.69) is 5.32 Å². The van der Waals surface area contributed by atoms with Gasteiger partial charge < -0.3 is 5.32 Å². The first kappa shape index (κ1) is 17.0. The first-order valence-corrected chi connectivity index (χ1v) is 9.17. The molecule has 0 aliphatic carbocycles. The van der Waals surface area contributed by atoms with Gasteiger partial charge in [-0.3, -0.25) is 9.10 Å². The van der Waals surface area contributed by atoms with Crippen LogP contribution in [0.2, 0.25) is 0 Å². The van der Waals surface area contributed by atoms with Crippen molar-refractivity contribution in [2.24, 2.45) is 0 Å². The fourth-order valence-corrected chi connectivity index (χ4v) is 3.12. The number of para-hydroxylation sites is 2. The van der Waals surface area contributed by atoms with Gasteiger partial charge in [-0.1, -0.05) is 43.3 Å². The number of rotatable bonds is 6. The standard InChI is InChI=1S/C17H20N2O3S/c1-3-14-9-7-8-12-16(14)18-17(20)13-19(23(2,21)22)15-10-5-4-6-11-15/h4-12H,3,13H2,1-2H3,(H,18,20). The quantitative estimate of drug-likeness (QED) is 0.884. The van der Waals surface area contributed by atoms with Crippen LogP contribution in [0.4, 0.5) is 11.4 Å². The van der Waals surface area contributed by atoms with E-state index in [1.165, 1.54) is 0 Å². The Bertz CT molecular complexity index is 773. The summed E-state index contributed by atoms with van der Waals surface area (Å²) in [5, 5.41) is 2.79. The Hall–Kier alpha value is -2.34. The van der Waals surface area contributed by atoms with E-state index in [1.807, 2.05) is 31.2 Å². The molecule has 0 unspecified atom stereocenters. The van der Waals surface area contributed by atoms with E-state index in [0.29, 0.717) is 11.4 Å². The highest BCUT2D eigenvalue weighted by molar-refractivity contribution is 7.92. The SMILES string of the molecule is CCc1ccccc1NC(=O)CN(c1ccccc1)S(C)(=O)=O. The van der Waals surface area contributed by atoms with E-state index in [-0.39, 0.29) is 12.5 Å². The number of hydrogen-bond donors (Lipinski definition) is 1. The Balaban J connectivity index is 2.19. The number of sulfonamides is 1. The molecule has 0 saturated carbocycles. The normalized spacial score (nSPS) is 11.0. The van der Waals surface area contributed by atoms with Crippen LogP contribution in [0.3, 0.4) is 0 Å². The molecule has 0 atom stereocenters. The Kier molecular flexibility index (Phi) is 5.39. The summed E-state index contributed by atoms with van der Waals surface area (Å²) in [7, 11) is -3.55. The Morgan fingerprint density at radius 2 is 1.65 bits per heavy atom. The lowest BCUT2D eigenvalue weighted by molar-refractivity contribution is -0.114. The van der Waals surface area contributed by atoms with Crippen LogP contribution in [0.1, 0.15) is 12.5 Å². The number of hydrogen-bond acceptors (Lipinski definition) is 3. The molecule has 122 valence electrons. The van der Waals surface area contributed by atoms with Crippen LogP contribution in [0.25, 0.3) is 0 Å². The first-order valence-electron chi connectivity index (χ1n) is 7.32. The lowest BCUT2D eigenvalue weighted by Crippen LogP contribution is -2.37. The highest BCUT2D eigenvalue weighted by atomic mass is 32.2. The molecule has 0 saturated heterocycles. The Morgan fingerprint density at radius 1 is 1.04 bits per heavy atom. The minimum atomic E-state index is -3.55. The molecule has 6 heteroatoms. The average Bonchev–Trinajstić information content (AvgIpc) is 2.53. The molecule has 1 N–H and O–H groups in total. The first-order chi connectivity index (χ1) is 10.9. The molecule has 0 fully saturated rings. The summed E-state index contributed by atoms with van der Waals surface area (Å²) >= 11 is 0. The summed E-state index contributed by atoms with van der Waals surface area (Å²) in [5.41, 5.74) is 2.18. The third-order valence-corrected chi connectivity index (χ3v) is 4.54. The van der Waals surface area contributed by atoms with Crippen LogP contribution < -0.4 is 9.62 Å². The van der Waals surface area contributed by atoms with Crippen molar-refractivity contribution in [3.63, 3.8) is 0 Å². The summed E-state index contributed by atoms with van der Waals surface area (Å²) in [6.07, 6.45) is 1.87. The molecule has 0 aliphatic heterocycles. The number of nitrogens with zero attached hydrogens (tertiary/aromatic N) is 1. The molecule has 5 nitrogen and oxygen atoms in total. The number of benzene rings is 2. The predicted molar refractivity (Wildman–Crippen MR) is 93.1 cm³/mol. The smallest absolute Gasteiger partial charge is 0.245 e. The largest absolute Gasteiger partial charge is 0.324 e. The van der Waals surface area contributed by atoms with Gasteiger partial charge in [-0.05, 0) is 30.2 Å². The van der Waals surface area contributed by atoms with E-state index in [9.17, 15) is 13.2 Å². The molecule has 0 heterocycles. The van der Waals surface area contributed by atoms with E-state index in [0.717, 1.165) is 22.5 Å². The Morgan fingerprint density at radius 3 is 2.26 bits per heavy atom. The van der Waals surface area contributed by atoms with Crippen LogP contribution in [-0.2, 0) is 21.2 Å². The van der Waals surface area contributed by atoms with Crippen LogP contribution >= 0.6 is 0 Å².